The van der Waals surface area contributed by atoms with Crippen molar-refractivity contribution in [2.75, 3.05) is 26.3 Å². The molecule has 144 valence electrons. The molecule has 1 saturated heterocycles. The van der Waals surface area contributed by atoms with E-state index in [9.17, 15) is 14.0 Å². The molecule has 3 N–H and O–H groups in total. The third-order valence-corrected chi connectivity index (χ3v) is 4.27. The van der Waals surface area contributed by atoms with Gasteiger partial charge in [-0.3, -0.25) is 14.7 Å². The normalized spacial score (nSPS) is 19.7. The maximum atomic E-state index is 13.0. The Morgan fingerprint density at radius 1 is 1.41 bits per heavy atom. The fourth-order valence-corrected chi connectivity index (χ4v) is 3.02. The van der Waals surface area contributed by atoms with Crippen molar-refractivity contribution in [2.24, 2.45) is 5.73 Å². The first kappa shape index (κ1) is 18.8. The molecule has 1 aliphatic rings. The summed E-state index contributed by atoms with van der Waals surface area (Å²) in [6.07, 6.45) is -0.114. The van der Waals surface area contributed by atoms with Gasteiger partial charge in [0.15, 0.2) is 0 Å². The number of halogens is 1. The zero-order valence-corrected chi connectivity index (χ0v) is 14.9. The molecule has 0 saturated carbocycles. The number of H-pyrrole nitrogens is 1. The lowest BCUT2D eigenvalue weighted by molar-refractivity contribution is -0.142. The van der Waals surface area contributed by atoms with Gasteiger partial charge in [-0.05, 0) is 37.3 Å². The molecular weight excluding hydrogens is 355 g/mol. The number of carbonyl (C=O) groups is 2. The molecule has 1 atom stereocenters. The van der Waals surface area contributed by atoms with Crippen LogP contribution in [0.15, 0.2) is 30.3 Å². The lowest BCUT2D eigenvalue weighted by Gasteiger charge is -2.41. The van der Waals surface area contributed by atoms with Gasteiger partial charge in [0.1, 0.15) is 29.5 Å². The van der Waals surface area contributed by atoms with Gasteiger partial charge in [-0.2, -0.15) is 5.10 Å². The van der Waals surface area contributed by atoms with E-state index in [1.807, 2.05) is 0 Å². The van der Waals surface area contributed by atoms with Crippen molar-refractivity contribution in [2.45, 2.75) is 18.9 Å². The zero-order valence-electron chi connectivity index (χ0n) is 14.9. The number of carbonyl (C=O) groups excluding carboxylic acids is 2. The van der Waals surface area contributed by atoms with Crippen molar-refractivity contribution in [1.29, 1.82) is 0 Å². The summed E-state index contributed by atoms with van der Waals surface area (Å²) < 4.78 is 24.5. The molecule has 2 aromatic rings. The SMILES string of the molecule is Cc1cc(C(=O)N2CCO[C@](COc3ccc(F)cc3)(CC(N)=O)C2)n[nH]1. The van der Waals surface area contributed by atoms with Crippen molar-refractivity contribution in [3.8, 4) is 5.75 Å². The summed E-state index contributed by atoms with van der Waals surface area (Å²) in [6, 6.07) is 7.15. The van der Waals surface area contributed by atoms with Crippen molar-refractivity contribution in [1.82, 2.24) is 15.1 Å². The molecule has 8 nitrogen and oxygen atoms in total. The van der Waals surface area contributed by atoms with E-state index in [1.165, 1.54) is 24.3 Å². The Morgan fingerprint density at radius 2 is 2.15 bits per heavy atom. The number of amides is 2. The molecule has 1 fully saturated rings. The van der Waals surface area contributed by atoms with Crippen molar-refractivity contribution >= 4 is 11.8 Å². The number of aromatic amines is 1. The van der Waals surface area contributed by atoms with E-state index < -0.39 is 11.5 Å². The highest BCUT2D eigenvalue weighted by molar-refractivity contribution is 5.92. The van der Waals surface area contributed by atoms with E-state index >= 15 is 0 Å². The second-order valence-corrected chi connectivity index (χ2v) is 6.58. The molecule has 0 unspecified atom stereocenters. The van der Waals surface area contributed by atoms with E-state index in [4.69, 9.17) is 15.2 Å². The number of aromatic nitrogens is 2. The number of rotatable bonds is 6. The Balaban J connectivity index is 1.74. The summed E-state index contributed by atoms with van der Waals surface area (Å²) in [5.74, 6) is -0.787. The minimum atomic E-state index is -1.08. The van der Waals surface area contributed by atoms with Crippen LogP contribution in [0.3, 0.4) is 0 Å². The van der Waals surface area contributed by atoms with Gasteiger partial charge in [-0.15, -0.1) is 0 Å². The fraction of sp³-hybridized carbons (Fsp3) is 0.389. The van der Waals surface area contributed by atoms with Gasteiger partial charge >= 0.3 is 0 Å². The number of benzene rings is 1. The summed E-state index contributed by atoms with van der Waals surface area (Å²) >= 11 is 0. The van der Waals surface area contributed by atoms with Crippen LogP contribution in [0.2, 0.25) is 0 Å². The standard InChI is InChI=1S/C18H21FN4O4/c1-12-8-15(22-21-12)17(25)23-6-7-27-18(10-23,9-16(20)24)11-26-14-4-2-13(19)3-5-14/h2-5,8H,6-7,9-11H2,1H3,(H2,20,24)(H,21,22)/t18-/m1/s1. The lowest BCUT2D eigenvalue weighted by atomic mass is 9.97. The van der Waals surface area contributed by atoms with Gasteiger partial charge < -0.3 is 20.1 Å². The van der Waals surface area contributed by atoms with Gasteiger partial charge in [0.05, 0.1) is 19.6 Å². The third kappa shape index (κ3) is 4.62. The number of hydrogen-bond donors (Lipinski definition) is 2. The van der Waals surface area contributed by atoms with Crippen molar-refractivity contribution in [3.05, 3.63) is 47.5 Å². The molecule has 27 heavy (non-hydrogen) atoms. The molecular formula is C18H21FN4O4. The molecule has 1 aliphatic heterocycles. The van der Waals surface area contributed by atoms with Gasteiger partial charge in [-0.25, -0.2) is 4.39 Å². The number of primary amides is 1. The van der Waals surface area contributed by atoms with Gasteiger partial charge in [-0.1, -0.05) is 0 Å². The molecule has 3 rings (SSSR count). The first-order valence-electron chi connectivity index (χ1n) is 8.49. The van der Waals surface area contributed by atoms with Crippen molar-refractivity contribution in [3.63, 3.8) is 0 Å². The minimum Gasteiger partial charge on any atom is -0.490 e. The zero-order chi connectivity index (χ0) is 19.4. The van der Waals surface area contributed by atoms with Crippen LogP contribution >= 0.6 is 0 Å². The topological polar surface area (TPSA) is 111 Å². The molecule has 2 amide bonds. The fourth-order valence-electron chi connectivity index (χ4n) is 3.02. The molecule has 1 aromatic carbocycles. The van der Waals surface area contributed by atoms with E-state index in [1.54, 1.807) is 17.9 Å². The van der Waals surface area contributed by atoms with Crippen LogP contribution in [0.1, 0.15) is 22.6 Å². The predicted octanol–water partition coefficient (Wildman–Crippen LogP) is 1.02. The van der Waals surface area contributed by atoms with Crippen LogP contribution in [0, 0.1) is 12.7 Å². The monoisotopic (exact) mass is 376 g/mol. The largest absolute Gasteiger partial charge is 0.490 e. The Hall–Kier alpha value is -2.94. The summed E-state index contributed by atoms with van der Waals surface area (Å²) in [7, 11) is 0. The second kappa shape index (κ2) is 7.75. The molecule has 1 aromatic heterocycles. The van der Waals surface area contributed by atoms with Crippen LogP contribution < -0.4 is 10.5 Å². The maximum absolute atomic E-state index is 13.0. The summed E-state index contributed by atoms with van der Waals surface area (Å²) in [5, 5.41) is 6.72. The number of morpholine rings is 1. The Morgan fingerprint density at radius 3 is 2.78 bits per heavy atom. The van der Waals surface area contributed by atoms with Crippen molar-refractivity contribution < 1.29 is 23.5 Å². The third-order valence-electron chi connectivity index (χ3n) is 4.27. The Bertz CT molecular complexity index is 823. The van der Waals surface area contributed by atoms with E-state index in [0.717, 1.165) is 5.69 Å². The molecule has 0 spiro atoms. The van der Waals surface area contributed by atoms with E-state index in [-0.39, 0.29) is 37.9 Å². The number of hydrogen-bond acceptors (Lipinski definition) is 5. The molecule has 9 heteroatoms. The molecule has 0 aliphatic carbocycles. The first-order chi connectivity index (χ1) is 12.9. The summed E-state index contributed by atoms with van der Waals surface area (Å²) in [6.45, 7) is 2.51. The van der Waals surface area contributed by atoms with E-state index in [2.05, 4.69) is 10.2 Å². The van der Waals surface area contributed by atoms with E-state index in [0.29, 0.717) is 18.0 Å². The van der Waals surface area contributed by atoms with Crippen LogP contribution in [-0.2, 0) is 9.53 Å². The highest BCUT2D eigenvalue weighted by atomic mass is 19.1. The van der Waals surface area contributed by atoms with Crippen LogP contribution in [0.4, 0.5) is 4.39 Å². The summed E-state index contributed by atoms with van der Waals surface area (Å²) in [4.78, 5) is 25.8. The number of nitrogens with one attached hydrogen (secondary N) is 1. The average molecular weight is 376 g/mol. The molecule has 0 bridgehead atoms. The Kier molecular flexibility index (Phi) is 5.41. The number of aryl methyl sites for hydroxylation is 1. The second-order valence-electron chi connectivity index (χ2n) is 6.58. The maximum Gasteiger partial charge on any atom is 0.274 e. The first-order valence-corrected chi connectivity index (χ1v) is 8.49. The van der Waals surface area contributed by atoms with Crippen LogP contribution in [0.5, 0.6) is 5.75 Å². The number of nitrogens with two attached hydrogens (primary N) is 1. The number of nitrogens with zero attached hydrogens (tertiary/aromatic N) is 2. The Labute approximate surface area is 155 Å². The highest BCUT2D eigenvalue weighted by Gasteiger charge is 2.41. The average Bonchev–Trinajstić information content (AvgIpc) is 3.07. The molecule has 2 heterocycles. The minimum absolute atomic E-state index is 0.00898. The van der Waals surface area contributed by atoms with Gasteiger partial charge in [0.25, 0.3) is 5.91 Å². The van der Waals surface area contributed by atoms with Crippen LogP contribution in [-0.4, -0.2) is 58.8 Å². The quantitative estimate of drug-likeness (QED) is 0.782. The van der Waals surface area contributed by atoms with Crippen LogP contribution in [0.25, 0.3) is 0 Å². The molecule has 0 radical (unpaired) electrons. The van der Waals surface area contributed by atoms with Gasteiger partial charge in [0.2, 0.25) is 5.91 Å². The predicted molar refractivity (Wildman–Crippen MR) is 93.6 cm³/mol. The van der Waals surface area contributed by atoms with Gasteiger partial charge in [0, 0.05) is 12.2 Å². The summed E-state index contributed by atoms with van der Waals surface area (Å²) in [5.41, 5.74) is 5.37. The lowest BCUT2D eigenvalue weighted by Crippen LogP contribution is -2.58. The smallest absolute Gasteiger partial charge is 0.274 e. The number of ether oxygens (including phenoxy) is 2. The highest BCUT2D eigenvalue weighted by Crippen LogP contribution is 2.25.